The second kappa shape index (κ2) is 11.1. The van der Waals surface area contributed by atoms with Crippen molar-refractivity contribution < 1.29 is 4.42 Å². The van der Waals surface area contributed by atoms with Crippen LogP contribution in [-0.4, -0.2) is 9.97 Å². The van der Waals surface area contributed by atoms with E-state index in [0.29, 0.717) is 11.7 Å². The summed E-state index contributed by atoms with van der Waals surface area (Å²) in [5, 5.41) is 9.03. The fourth-order valence-corrected chi connectivity index (χ4v) is 8.08. The molecule has 10 rings (SSSR count). The lowest BCUT2D eigenvalue weighted by atomic mass is 9.76. The average Bonchev–Trinajstić information content (AvgIpc) is 3.52. The average molecular weight is 631 g/mol. The van der Waals surface area contributed by atoms with E-state index in [-0.39, 0.29) is 0 Å². The normalized spacial score (nSPS) is 13.6. The van der Waals surface area contributed by atoms with E-state index in [9.17, 15) is 0 Å². The van der Waals surface area contributed by atoms with E-state index in [1.54, 1.807) is 0 Å². The predicted octanol–water partition coefficient (Wildman–Crippen LogP) is 12.7. The Morgan fingerprint density at radius 2 is 1.27 bits per heavy atom. The lowest BCUT2D eigenvalue weighted by Gasteiger charge is -2.28. The molecule has 1 fully saturated rings. The van der Waals surface area contributed by atoms with E-state index < -0.39 is 0 Å². The van der Waals surface area contributed by atoms with Crippen molar-refractivity contribution >= 4 is 54.4 Å². The Labute approximate surface area is 284 Å². The number of furan rings is 1. The molecule has 3 heteroatoms. The lowest BCUT2D eigenvalue weighted by Crippen LogP contribution is -2.09. The SMILES string of the molecule is CCc1cc(-c2nc(-c3ccccc3)nc3c2oc2ccc(-c4ccccc4)cc23)cc2c3ccccc3c3cccc(C4CCC4)c3c12. The highest BCUT2D eigenvalue weighted by atomic mass is 16.3. The van der Waals surface area contributed by atoms with Crippen LogP contribution in [0.25, 0.3) is 88.2 Å². The van der Waals surface area contributed by atoms with Crippen molar-refractivity contribution in [1.29, 1.82) is 0 Å². The van der Waals surface area contributed by atoms with Gasteiger partial charge in [-0.1, -0.05) is 123 Å². The van der Waals surface area contributed by atoms with E-state index in [1.165, 1.54) is 68.3 Å². The van der Waals surface area contributed by atoms with Crippen molar-refractivity contribution in [2.24, 2.45) is 0 Å². The van der Waals surface area contributed by atoms with Crippen molar-refractivity contribution in [2.75, 3.05) is 0 Å². The standard InChI is InChI=1S/C46H34N2O/c1-2-28-25-33(27-38-36-20-10-9-19-35(36)37-22-12-21-34(30-17-11-18-30)42(37)41(28)38)43-45-44(48-46(47-43)31-15-7-4-8-16-31)39-26-32(23-24-40(39)49-45)29-13-5-3-6-14-29/h3-10,12-16,19-27,30H,2,11,17-18H2,1H3. The smallest absolute Gasteiger partial charge is 0.180 e. The fourth-order valence-electron chi connectivity index (χ4n) is 8.08. The first-order valence-electron chi connectivity index (χ1n) is 17.5. The van der Waals surface area contributed by atoms with Crippen molar-refractivity contribution in [3.8, 4) is 33.8 Å². The molecule has 7 aromatic carbocycles. The van der Waals surface area contributed by atoms with Gasteiger partial charge in [-0.05, 0) is 104 Å². The molecule has 2 aromatic heterocycles. The molecule has 0 saturated heterocycles. The molecule has 1 aliphatic rings. The van der Waals surface area contributed by atoms with Gasteiger partial charge in [-0.2, -0.15) is 0 Å². The summed E-state index contributed by atoms with van der Waals surface area (Å²) in [6, 6.07) is 47.8. The van der Waals surface area contributed by atoms with Crippen LogP contribution in [0.15, 0.2) is 138 Å². The van der Waals surface area contributed by atoms with E-state index in [1.807, 2.05) is 18.2 Å². The molecule has 0 spiro atoms. The van der Waals surface area contributed by atoms with Gasteiger partial charge < -0.3 is 4.42 Å². The summed E-state index contributed by atoms with van der Waals surface area (Å²) in [6.07, 6.45) is 4.77. The number of benzene rings is 7. The predicted molar refractivity (Wildman–Crippen MR) is 204 cm³/mol. The summed E-state index contributed by atoms with van der Waals surface area (Å²) >= 11 is 0. The van der Waals surface area contributed by atoms with Crippen LogP contribution in [0.3, 0.4) is 0 Å². The molecular weight excluding hydrogens is 597 g/mol. The summed E-state index contributed by atoms with van der Waals surface area (Å²) in [4.78, 5) is 10.5. The number of hydrogen-bond donors (Lipinski definition) is 0. The van der Waals surface area contributed by atoms with Crippen LogP contribution in [0.1, 0.15) is 43.2 Å². The number of aryl methyl sites for hydroxylation is 1. The van der Waals surface area contributed by atoms with Gasteiger partial charge in [0.15, 0.2) is 11.4 Å². The zero-order chi connectivity index (χ0) is 32.5. The summed E-state index contributed by atoms with van der Waals surface area (Å²) in [6.45, 7) is 2.28. The monoisotopic (exact) mass is 630 g/mol. The number of aromatic nitrogens is 2. The third-order valence-corrected chi connectivity index (χ3v) is 10.7. The first-order chi connectivity index (χ1) is 24.2. The summed E-state index contributed by atoms with van der Waals surface area (Å²) in [5.74, 6) is 1.33. The first-order valence-corrected chi connectivity index (χ1v) is 17.5. The van der Waals surface area contributed by atoms with Crippen LogP contribution in [0.2, 0.25) is 0 Å². The van der Waals surface area contributed by atoms with E-state index >= 15 is 0 Å². The van der Waals surface area contributed by atoms with Crippen LogP contribution < -0.4 is 0 Å². The maximum absolute atomic E-state index is 6.71. The third kappa shape index (κ3) is 4.42. The minimum atomic E-state index is 0.628. The molecule has 1 saturated carbocycles. The highest BCUT2D eigenvalue weighted by molar-refractivity contribution is 6.27. The van der Waals surface area contributed by atoms with Gasteiger partial charge in [0.05, 0.1) is 0 Å². The molecular formula is C46H34N2O. The molecule has 0 N–H and O–H groups in total. The largest absolute Gasteiger partial charge is 0.452 e. The lowest BCUT2D eigenvalue weighted by molar-refractivity contribution is 0.422. The van der Waals surface area contributed by atoms with Crippen molar-refractivity contribution in [3.05, 3.63) is 145 Å². The van der Waals surface area contributed by atoms with Crippen molar-refractivity contribution in [2.45, 2.75) is 38.5 Å². The fraction of sp³-hybridized carbons (Fsp3) is 0.130. The van der Waals surface area contributed by atoms with E-state index in [0.717, 1.165) is 50.9 Å². The van der Waals surface area contributed by atoms with Gasteiger partial charge in [0, 0.05) is 16.5 Å². The van der Waals surface area contributed by atoms with Crippen LogP contribution in [-0.2, 0) is 6.42 Å². The first kappa shape index (κ1) is 28.2. The number of rotatable bonds is 5. The quantitative estimate of drug-likeness (QED) is 0.178. The highest BCUT2D eigenvalue weighted by Crippen LogP contribution is 2.47. The van der Waals surface area contributed by atoms with Crippen LogP contribution in [0, 0.1) is 0 Å². The topological polar surface area (TPSA) is 38.9 Å². The number of hydrogen-bond acceptors (Lipinski definition) is 3. The number of fused-ring (bicyclic) bond motifs is 9. The van der Waals surface area contributed by atoms with E-state index in [2.05, 4.69) is 122 Å². The molecule has 0 aliphatic heterocycles. The Morgan fingerprint density at radius 3 is 2.00 bits per heavy atom. The maximum Gasteiger partial charge on any atom is 0.180 e. The Kier molecular flexibility index (Phi) is 6.42. The third-order valence-electron chi connectivity index (χ3n) is 10.7. The van der Waals surface area contributed by atoms with Crippen molar-refractivity contribution in [3.63, 3.8) is 0 Å². The molecule has 3 nitrogen and oxygen atoms in total. The highest BCUT2D eigenvalue weighted by Gasteiger charge is 2.25. The summed E-state index contributed by atoms with van der Waals surface area (Å²) < 4.78 is 6.71. The van der Waals surface area contributed by atoms with Gasteiger partial charge in [0.1, 0.15) is 16.8 Å². The van der Waals surface area contributed by atoms with Gasteiger partial charge in [-0.25, -0.2) is 9.97 Å². The molecule has 0 amide bonds. The number of nitrogens with zero attached hydrogens (tertiary/aromatic N) is 2. The van der Waals surface area contributed by atoms with Crippen LogP contribution >= 0.6 is 0 Å². The molecule has 2 heterocycles. The molecule has 0 unspecified atom stereocenters. The van der Waals surface area contributed by atoms with Gasteiger partial charge in [0.2, 0.25) is 0 Å². The molecule has 1 aliphatic carbocycles. The van der Waals surface area contributed by atoms with E-state index in [4.69, 9.17) is 14.4 Å². The minimum absolute atomic E-state index is 0.628. The maximum atomic E-state index is 6.71. The molecule has 0 bridgehead atoms. The second-order valence-corrected chi connectivity index (χ2v) is 13.5. The summed E-state index contributed by atoms with van der Waals surface area (Å²) in [5.41, 5.74) is 10.4. The molecule has 49 heavy (non-hydrogen) atoms. The van der Waals surface area contributed by atoms with Crippen LogP contribution in [0.5, 0.6) is 0 Å². The van der Waals surface area contributed by atoms with Gasteiger partial charge >= 0.3 is 0 Å². The minimum Gasteiger partial charge on any atom is -0.452 e. The zero-order valence-corrected chi connectivity index (χ0v) is 27.4. The van der Waals surface area contributed by atoms with Gasteiger partial charge in [-0.3, -0.25) is 0 Å². The Morgan fingerprint density at radius 1 is 0.571 bits per heavy atom. The molecule has 9 aromatic rings. The molecule has 0 radical (unpaired) electrons. The summed E-state index contributed by atoms with van der Waals surface area (Å²) in [7, 11) is 0. The second-order valence-electron chi connectivity index (χ2n) is 13.5. The molecule has 234 valence electrons. The van der Waals surface area contributed by atoms with Gasteiger partial charge in [-0.15, -0.1) is 0 Å². The molecule has 0 atom stereocenters. The Balaban J connectivity index is 1.31. The Hall–Kier alpha value is -5.80. The zero-order valence-electron chi connectivity index (χ0n) is 27.4. The Bertz CT molecular complexity index is 2720. The van der Waals surface area contributed by atoms with Gasteiger partial charge in [0.25, 0.3) is 0 Å². The van der Waals surface area contributed by atoms with Crippen LogP contribution in [0.4, 0.5) is 0 Å². The van der Waals surface area contributed by atoms with Crippen molar-refractivity contribution in [1.82, 2.24) is 9.97 Å².